The van der Waals surface area contributed by atoms with Crippen LogP contribution in [0.3, 0.4) is 0 Å². The molecule has 0 spiro atoms. The molecular formula is C18H20N2O4. The number of para-hydroxylation sites is 1. The molecule has 1 saturated heterocycles. The largest absolute Gasteiger partial charge is 0.459 e. The van der Waals surface area contributed by atoms with Crippen molar-refractivity contribution in [2.45, 2.75) is 25.4 Å². The zero-order valence-electron chi connectivity index (χ0n) is 13.4. The Bertz CT molecular complexity index is 706. The summed E-state index contributed by atoms with van der Waals surface area (Å²) in [6.45, 7) is 2.51. The number of hydrogen-bond donors (Lipinski definition) is 1. The maximum absolute atomic E-state index is 12.3. The number of fused-ring (bicyclic) bond motifs is 1. The number of benzene rings is 1. The number of carbonyl (C=O) groups is 1. The Kier molecular flexibility index (Phi) is 4.13. The van der Waals surface area contributed by atoms with Crippen LogP contribution in [0.4, 0.5) is 0 Å². The van der Waals surface area contributed by atoms with Gasteiger partial charge in [0.05, 0.1) is 6.26 Å². The first-order chi connectivity index (χ1) is 11.8. The van der Waals surface area contributed by atoms with E-state index in [2.05, 4.69) is 11.4 Å². The van der Waals surface area contributed by atoms with Crippen molar-refractivity contribution in [1.29, 1.82) is 0 Å². The molecule has 2 aliphatic rings. The van der Waals surface area contributed by atoms with Gasteiger partial charge in [0.2, 0.25) is 6.79 Å². The average molecular weight is 328 g/mol. The van der Waals surface area contributed by atoms with E-state index in [-0.39, 0.29) is 5.91 Å². The maximum Gasteiger partial charge on any atom is 0.289 e. The third-order valence-electron chi connectivity index (χ3n) is 4.57. The highest BCUT2D eigenvalue weighted by atomic mass is 16.7. The van der Waals surface area contributed by atoms with Crippen molar-refractivity contribution >= 4 is 5.91 Å². The summed E-state index contributed by atoms with van der Waals surface area (Å²) in [5.41, 5.74) is 1.11. The third kappa shape index (κ3) is 2.97. The number of likely N-dealkylation sites (tertiary alicyclic amines) is 1. The Labute approximate surface area is 140 Å². The lowest BCUT2D eigenvalue weighted by molar-refractivity contribution is 0.0672. The summed E-state index contributed by atoms with van der Waals surface area (Å²) in [6.07, 6.45) is 3.39. The molecule has 1 aromatic carbocycles. The molecule has 2 aromatic rings. The predicted molar refractivity (Wildman–Crippen MR) is 87.0 cm³/mol. The van der Waals surface area contributed by atoms with Gasteiger partial charge in [-0.1, -0.05) is 12.1 Å². The van der Waals surface area contributed by atoms with Crippen molar-refractivity contribution in [1.82, 2.24) is 10.2 Å². The first-order valence-electron chi connectivity index (χ1n) is 8.25. The summed E-state index contributed by atoms with van der Waals surface area (Å²) in [6, 6.07) is 9.80. The molecule has 126 valence electrons. The number of carbonyl (C=O) groups excluding carboxylic acids is 1. The molecule has 0 radical (unpaired) electrons. The Morgan fingerprint density at radius 2 is 2.04 bits per heavy atom. The van der Waals surface area contributed by atoms with E-state index in [9.17, 15) is 4.79 Å². The van der Waals surface area contributed by atoms with Crippen LogP contribution in [0.1, 0.15) is 29.0 Å². The first-order valence-corrected chi connectivity index (χ1v) is 8.25. The van der Waals surface area contributed by atoms with Gasteiger partial charge in [-0.25, -0.2) is 0 Å². The predicted octanol–water partition coefficient (Wildman–Crippen LogP) is 2.40. The fraction of sp³-hybridized carbons (Fsp3) is 0.389. The van der Waals surface area contributed by atoms with Crippen molar-refractivity contribution in [2.24, 2.45) is 0 Å². The van der Waals surface area contributed by atoms with Crippen LogP contribution in [0.15, 0.2) is 41.0 Å². The minimum atomic E-state index is -0.0233. The van der Waals surface area contributed by atoms with Gasteiger partial charge >= 0.3 is 0 Å². The molecule has 24 heavy (non-hydrogen) atoms. The summed E-state index contributed by atoms with van der Waals surface area (Å²) >= 11 is 0. The molecule has 1 aromatic heterocycles. The molecule has 6 heteroatoms. The van der Waals surface area contributed by atoms with Crippen LogP contribution in [-0.2, 0) is 6.54 Å². The molecule has 2 aliphatic heterocycles. The number of furan rings is 1. The lowest BCUT2D eigenvalue weighted by Crippen LogP contribution is -2.44. The van der Waals surface area contributed by atoms with Gasteiger partial charge in [0.15, 0.2) is 17.3 Å². The van der Waals surface area contributed by atoms with E-state index in [0.29, 0.717) is 18.6 Å². The Morgan fingerprint density at radius 3 is 2.83 bits per heavy atom. The van der Waals surface area contributed by atoms with Gasteiger partial charge in [-0.3, -0.25) is 4.79 Å². The minimum Gasteiger partial charge on any atom is -0.459 e. The van der Waals surface area contributed by atoms with E-state index in [1.165, 1.54) is 6.26 Å². The molecular weight excluding hydrogens is 308 g/mol. The van der Waals surface area contributed by atoms with Gasteiger partial charge in [0.1, 0.15) is 0 Å². The van der Waals surface area contributed by atoms with Crippen molar-refractivity contribution in [3.63, 3.8) is 0 Å². The summed E-state index contributed by atoms with van der Waals surface area (Å²) in [4.78, 5) is 14.1. The van der Waals surface area contributed by atoms with Gasteiger partial charge < -0.3 is 24.1 Å². The SMILES string of the molecule is O=C(c1ccco1)N1CCC(NCc2cccc3c2OCO3)CC1. The molecule has 0 unspecified atom stereocenters. The zero-order chi connectivity index (χ0) is 16.4. The maximum atomic E-state index is 12.3. The van der Waals surface area contributed by atoms with Crippen molar-refractivity contribution in [2.75, 3.05) is 19.9 Å². The van der Waals surface area contributed by atoms with Gasteiger partial charge in [0.25, 0.3) is 5.91 Å². The van der Waals surface area contributed by atoms with E-state index in [4.69, 9.17) is 13.9 Å². The van der Waals surface area contributed by atoms with Gasteiger partial charge in [-0.2, -0.15) is 0 Å². The fourth-order valence-electron chi connectivity index (χ4n) is 3.23. The quantitative estimate of drug-likeness (QED) is 0.934. The molecule has 0 atom stereocenters. The number of ether oxygens (including phenoxy) is 2. The van der Waals surface area contributed by atoms with Gasteiger partial charge in [-0.05, 0) is 31.0 Å². The van der Waals surface area contributed by atoms with Crippen molar-refractivity contribution in [3.8, 4) is 11.5 Å². The van der Waals surface area contributed by atoms with Crippen molar-refractivity contribution in [3.05, 3.63) is 47.9 Å². The van der Waals surface area contributed by atoms with E-state index in [0.717, 1.165) is 49.5 Å². The Morgan fingerprint density at radius 1 is 1.17 bits per heavy atom. The zero-order valence-corrected chi connectivity index (χ0v) is 13.4. The number of amides is 1. The minimum absolute atomic E-state index is 0.0233. The number of nitrogens with one attached hydrogen (secondary N) is 1. The number of nitrogens with zero attached hydrogens (tertiary/aromatic N) is 1. The molecule has 4 rings (SSSR count). The molecule has 1 N–H and O–H groups in total. The van der Waals surface area contributed by atoms with Crippen LogP contribution >= 0.6 is 0 Å². The van der Waals surface area contributed by atoms with E-state index >= 15 is 0 Å². The Hall–Kier alpha value is -2.47. The summed E-state index contributed by atoms with van der Waals surface area (Å²) in [7, 11) is 0. The smallest absolute Gasteiger partial charge is 0.289 e. The van der Waals surface area contributed by atoms with Crippen LogP contribution in [0.5, 0.6) is 11.5 Å². The topological polar surface area (TPSA) is 63.9 Å². The van der Waals surface area contributed by atoms with Gasteiger partial charge in [-0.15, -0.1) is 0 Å². The van der Waals surface area contributed by atoms with Crippen LogP contribution in [0.2, 0.25) is 0 Å². The highest BCUT2D eigenvalue weighted by Crippen LogP contribution is 2.35. The molecule has 0 aliphatic carbocycles. The molecule has 3 heterocycles. The lowest BCUT2D eigenvalue weighted by atomic mass is 10.0. The fourth-order valence-corrected chi connectivity index (χ4v) is 3.23. The highest BCUT2D eigenvalue weighted by molar-refractivity contribution is 5.91. The second-order valence-corrected chi connectivity index (χ2v) is 6.08. The molecule has 6 nitrogen and oxygen atoms in total. The number of hydrogen-bond acceptors (Lipinski definition) is 5. The third-order valence-corrected chi connectivity index (χ3v) is 4.57. The number of rotatable bonds is 4. The van der Waals surface area contributed by atoms with Gasteiger partial charge in [0, 0.05) is 31.2 Å². The lowest BCUT2D eigenvalue weighted by Gasteiger charge is -2.32. The van der Waals surface area contributed by atoms with Crippen LogP contribution in [0, 0.1) is 0 Å². The first kappa shape index (κ1) is 15.1. The molecule has 1 amide bonds. The average Bonchev–Trinajstić information content (AvgIpc) is 3.31. The second kappa shape index (κ2) is 6.57. The standard InChI is InChI=1S/C18H20N2O4/c21-18(16-5-2-10-22-16)20-8-6-14(7-9-20)19-11-13-3-1-4-15-17(13)24-12-23-15/h1-5,10,14,19H,6-9,11-12H2. The Balaban J connectivity index is 1.30. The van der Waals surface area contributed by atoms with Crippen LogP contribution in [-0.4, -0.2) is 36.7 Å². The molecule has 0 saturated carbocycles. The summed E-state index contributed by atoms with van der Waals surface area (Å²) in [5, 5.41) is 3.56. The summed E-state index contributed by atoms with van der Waals surface area (Å²) < 4.78 is 16.1. The van der Waals surface area contributed by atoms with E-state index in [1.807, 2.05) is 17.0 Å². The van der Waals surface area contributed by atoms with Crippen molar-refractivity contribution < 1.29 is 18.7 Å². The monoisotopic (exact) mass is 328 g/mol. The highest BCUT2D eigenvalue weighted by Gasteiger charge is 2.25. The van der Waals surface area contributed by atoms with E-state index < -0.39 is 0 Å². The van der Waals surface area contributed by atoms with Crippen LogP contribution in [0.25, 0.3) is 0 Å². The normalized spacial score (nSPS) is 17.2. The van der Waals surface area contributed by atoms with Crippen LogP contribution < -0.4 is 14.8 Å². The number of piperidine rings is 1. The summed E-state index contributed by atoms with van der Waals surface area (Å²) in [5.74, 6) is 2.05. The molecule has 0 bridgehead atoms. The van der Waals surface area contributed by atoms with E-state index in [1.54, 1.807) is 12.1 Å². The second-order valence-electron chi connectivity index (χ2n) is 6.08. The molecule has 1 fully saturated rings.